The van der Waals surface area contributed by atoms with Gasteiger partial charge < -0.3 is 21.3 Å². The molecule has 5 heteroatoms. The van der Waals surface area contributed by atoms with Crippen molar-refractivity contribution in [2.24, 2.45) is 0 Å². The zero-order valence-corrected chi connectivity index (χ0v) is 8.99. The topological polar surface area (TPSA) is 91.4 Å². The first-order chi connectivity index (χ1) is 6.94. The first-order valence-electron chi connectivity index (χ1n) is 4.74. The Kier molecular flexibility index (Phi) is 3.49. The fourth-order valence-electron chi connectivity index (χ4n) is 1.11. The molecule has 0 fully saturated rings. The monoisotopic (exact) mass is 211 g/mol. The van der Waals surface area contributed by atoms with Gasteiger partial charge in [-0.3, -0.25) is 0 Å². The van der Waals surface area contributed by atoms with Gasteiger partial charge in [-0.05, 0) is 25.5 Å². The molecular weight excluding hydrogens is 194 g/mol. The number of anilines is 2. The molecule has 1 heterocycles. The number of pyridine rings is 1. The Labute approximate surface area is 89.0 Å². The highest BCUT2D eigenvalue weighted by Gasteiger charge is 2.18. The van der Waals surface area contributed by atoms with E-state index in [9.17, 15) is 5.11 Å². The predicted octanol–water partition coefficient (Wildman–Crippen LogP) is 0.127. The van der Waals surface area contributed by atoms with Crippen LogP contribution in [0.25, 0.3) is 0 Å². The average molecular weight is 211 g/mol. The molecule has 1 atom stereocenters. The lowest BCUT2D eigenvalue weighted by Gasteiger charge is -2.21. The third kappa shape index (κ3) is 3.38. The standard InChI is InChI=1S/C10H17N3O2/c1-7-3-8(11)4-12-9(7)13-5-10(2,15)6-14/h3-4,14-15H,5-6,11H2,1-2H3,(H,12,13). The number of nitrogens with zero attached hydrogens (tertiary/aromatic N) is 1. The molecule has 1 aromatic heterocycles. The number of aliphatic hydroxyl groups excluding tert-OH is 1. The van der Waals surface area contributed by atoms with Crippen molar-refractivity contribution in [1.29, 1.82) is 0 Å². The summed E-state index contributed by atoms with van der Waals surface area (Å²) in [7, 11) is 0. The molecule has 5 N–H and O–H groups in total. The van der Waals surface area contributed by atoms with Crippen molar-refractivity contribution in [1.82, 2.24) is 4.98 Å². The van der Waals surface area contributed by atoms with E-state index in [2.05, 4.69) is 10.3 Å². The van der Waals surface area contributed by atoms with Crippen molar-refractivity contribution in [2.45, 2.75) is 19.4 Å². The molecule has 0 aliphatic carbocycles. The number of hydrogen-bond acceptors (Lipinski definition) is 5. The summed E-state index contributed by atoms with van der Waals surface area (Å²) in [4.78, 5) is 4.09. The molecule has 1 aromatic rings. The van der Waals surface area contributed by atoms with Crippen LogP contribution in [0.3, 0.4) is 0 Å². The van der Waals surface area contributed by atoms with Crippen molar-refractivity contribution in [3.05, 3.63) is 17.8 Å². The van der Waals surface area contributed by atoms with E-state index in [1.807, 2.05) is 6.92 Å². The highest BCUT2D eigenvalue weighted by Crippen LogP contribution is 2.14. The number of rotatable bonds is 4. The lowest BCUT2D eigenvalue weighted by Crippen LogP contribution is -2.37. The summed E-state index contributed by atoms with van der Waals surface area (Å²) in [5.74, 6) is 0.665. The molecule has 0 aliphatic heterocycles. The van der Waals surface area contributed by atoms with Crippen LogP contribution in [0, 0.1) is 6.92 Å². The van der Waals surface area contributed by atoms with E-state index in [1.165, 1.54) is 0 Å². The second-order valence-electron chi connectivity index (χ2n) is 3.94. The van der Waals surface area contributed by atoms with Crippen LogP contribution in [-0.2, 0) is 0 Å². The minimum Gasteiger partial charge on any atom is -0.397 e. The largest absolute Gasteiger partial charge is 0.397 e. The second kappa shape index (κ2) is 4.46. The number of aryl methyl sites for hydroxylation is 1. The SMILES string of the molecule is Cc1cc(N)cnc1NCC(C)(O)CO. The van der Waals surface area contributed by atoms with E-state index in [0.29, 0.717) is 11.5 Å². The highest BCUT2D eigenvalue weighted by molar-refractivity contribution is 5.50. The van der Waals surface area contributed by atoms with Crippen LogP contribution < -0.4 is 11.1 Å². The molecule has 0 amide bonds. The minimum absolute atomic E-state index is 0.237. The van der Waals surface area contributed by atoms with E-state index in [-0.39, 0.29) is 13.2 Å². The molecule has 0 spiro atoms. The van der Waals surface area contributed by atoms with Gasteiger partial charge >= 0.3 is 0 Å². The fourth-order valence-corrected chi connectivity index (χ4v) is 1.11. The smallest absolute Gasteiger partial charge is 0.129 e. The molecule has 0 saturated heterocycles. The summed E-state index contributed by atoms with van der Waals surface area (Å²) in [6, 6.07) is 1.79. The van der Waals surface area contributed by atoms with Gasteiger partial charge in [-0.25, -0.2) is 4.98 Å². The Morgan fingerprint density at radius 1 is 1.60 bits per heavy atom. The van der Waals surface area contributed by atoms with Crippen LogP contribution in [0.15, 0.2) is 12.3 Å². The van der Waals surface area contributed by atoms with Crippen LogP contribution in [-0.4, -0.2) is 33.9 Å². The van der Waals surface area contributed by atoms with Gasteiger partial charge in [-0.2, -0.15) is 0 Å². The minimum atomic E-state index is -1.14. The van der Waals surface area contributed by atoms with Crippen LogP contribution in [0.4, 0.5) is 11.5 Å². The van der Waals surface area contributed by atoms with Gasteiger partial charge in [0.2, 0.25) is 0 Å². The lowest BCUT2D eigenvalue weighted by atomic mass is 10.1. The Balaban J connectivity index is 2.66. The summed E-state index contributed by atoms with van der Waals surface area (Å²) in [6.07, 6.45) is 1.54. The maximum Gasteiger partial charge on any atom is 0.129 e. The summed E-state index contributed by atoms with van der Waals surface area (Å²) >= 11 is 0. The Morgan fingerprint density at radius 3 is 2.80 bits per heavy atom. The van der Waals surface area contributed by atoms with Gasteiger partial charge in [0, 0.05) is 6.54 Å². The van der Waals surface area contributed by atoms with Crippen molar-refractivity contribution < 1.29 is 10.2 Å². The molecule has 0 radical (unpaired) electrons. The molecule has 15 heavy (non-hydrogen) atoms. The summed E-state index contributed by atoms with van der Waals surface area (Å²) < 4.78 is 0. The quantitative estimate of drug-likeness (QED) is 0.568. The maximum absolute atomic E-state index is 9.57. The van der Waals surface area contributed by atoms with Crippen LogP contribution >= 0.6 is 0 Å². The van der Waals surface area contributed by atoms with Crippen LogP contribution in [0.1, 0.15) is 12.5 Å². The van der Waals surface area contributed by atoms with Gasteiger partial charge in [0.25, 0.3) is 0 Å². The van der Waals surface area contributed by atoms with Gasteiger partial charge in [0.1, 0.15) is 11.4 Å². The lowest BCUT2D eigenvalue weighted by molar-refractivity contribution is 0.0131. The Morgan fingerprint density at radius 2 is 2.27 bits per heavy atom. The van der Waals surface area contributed by atoms with E-state index >= 15 is 0 Å². The summed E-state index contributed by atoms with van der Waals surface area (Å²) in [6.45, 7) is 3.36. The first kappa shape index (κ1) is 11.7. The van der Waals surface area contributed by atoms with Crippen molar-refractivity contribution in [3.63, 3.8) is 0 Å². The molecule has 1 unspecified atom stereocenters. The van der Waals surface area contributed by atoms with Crippen molar-refractivity contribution in [3.8, 4) is 0 Å². The van der Waals surface area contributed by atoms with Crippen molar-refractivity contribution >= 4 is 11.5 Å². The normalized spacial score (nSPS) is 14.7. The number of nitrogens with two attached hydrogens (primary N) is 1. The summed E-state index contributed by atoms with van der Waals surface area (Å²) in [5.41, 5.74) is 5.92. The van der Waals surface area contributed by atoms with Gasteiger partial charge in [-0.15, -0.1) is 0 Å². The van der Waals surface area contributed by atoms with Gasteiger partial charge in [0.05, 0.1) is 18.5 Å². The molecule has 0 saturated carbocycles. The molecule has 0 aliphatic rings. The highest BCUT2D eigenvalue weighted by atomic mass is 16.3. The van der Waals surface area contributed by atoms with Crippen LogP contribution in [0.5, 0.6) is 0 Å². The van der Waals surface area contributed by atoms with Gasteiger partial charge in [0.15, 0.2) is 0 Å². The molecular formula is C10H17N3O2. The second-order valence-corrected chi connectivity index (χ2v) is 3.94. The predicted molar refractivity (Wildman–Crippen MR) is 59.6 cm³/mol. The Bertz CT molecular complexity index is 339. The fraction of sp³-hybridized carbons (Fsp3) is 0.500. The Hall–Kier alpha value is -1.33. The number of aromatic nitrogens is 1. The summed E-state index contributed by atoms with van der Waals surface area (Å²) in [5, 5.41) is 21.4. The number of nitrogens with one attached hydrogen (secondary N) is 1. The number of hydrogen-bond donors (Lipinski definition) is 4. The van der Waals surface area contributed by atoms with Gasteiger partial charge in [-0.1, -0.05) is 0 Å². The number of nitrogen functional groups attached to an aromatic ring is 1. The van der Waals surface area contributed by atoms with E-state index in [1.54, 1.807) is 19.2 Å². The zero-order valence-electron chi connectivity index (χ0n) is 8.99. The molecule has 5 nitrogen and oxygen atoms in total. The molecule has 84 valence electrons. The maximum atomic E-state index is 9.57. The number of aliphatic hydroxyl groups is 2. The van der Waals surface area contributed by atoms with Crippen molar-refractivity contribution in [2.75, 3.05) is 24.2 Å². The first-order valence-corrected chi connectivity index (χ1v) is 4.74. The zero-order chi connectivity index (χ0) is 11.5. The third-order valence-electron chi connectivity index (χ3n) is 2.08. The molecule has 0 aromatic carbocycles. The molecule has 0 bridgehead atoms. The van der Waals surface area contributed by atoms with Crippen LogP contribution in [0.2, 0.25) is 0 Å². The third-order valence-corrected chi connectivity index (χ3v) is 2.08. The van der Waals surface area contributed by atoms with E-state index in [0.717, 1.165) is 5.56 Å². The van der Waals surface area contributed by atoms with E-state index in [4.69, 9.17) is 10.8 Å². The van der Waals surface area contributed by atoms with E-state index < -0.39 is 5.60 Å². The molecule has 1 rings (SSSR count). The average Bonchev–Trinajstić information content (AvgIpc) is 2.16.